The number of hydrogen-bond donors (Lipinski definition) is 0. The maximum Gasteiger partial charge on any atom is 0.316 e. The van der Waals surface area contributed by atoms with E-state index in [1.54, 1.807) is 13.3 Å². The number of hydrogen-bond acceptors (Lipinski definition) is 4. The molecule has 0 bridgehead atoms. The predicted molar refractivity (Wildman–Crippen MR) is 93.7 cm³/mol. The van der Waals surface area contributed by atoms with Crippen molar-refractivity contribution >= 4 is 11.8 Å². The largest absolute Gasteiger partial charge is 0.467 e. The van der Waals surface area contributed by atoms with Gasteiger partial charge in [-0.3, -0.25) is 0 Å². The maximum absolute atomic E-state index is 6.13. The van der Waals surface area contributed by atoms with Gasteiger partial charge in [-0.2, -0.15) is 4.98 Å². The number of aromatic nitrogens is 2. The van der Waals surface area contributed by atoms with E-state index in [0.717, 1.165) is 39.5 Å². The summed E-state index contributed by atoms with van der Waals surface area (Å²) in [5, 5.41) is 0. The van der Waals surface area contributed by atoms with Crippen molar-refractivity contribution in [3.8, 4) is 23.0 Å². The Bertz CT molecular complexity index is 934. The summed E-state index contributed by atoms with van der Waals surface area (Å²) in [5.41, 5.74) is 4.85. The Kier molecular flexibility index (Phi) is 3.50. The summed E-state index contributed by atoms with van der Waals surface area (Å²) in [5.74, 6) is 1.52. The molecule has 0 aliphatic carbocycles. The highest BCUT2D eigenvalue weighted by Crippen LogP contribution is 2.42. The fourth-order valence-corrected chi connectivity index (χ4v) is 2.75. The molecule has 4 heteroatoms. The SMILES string of the molecule is COc1ncc2c(n1)-c1cc(C)ccc1O/C2=C\c1ccccc1. The van der Waals surface area contributed by atoms with Crippen LogP contribution in [0, 0.1) is 6.92 Å². The van der Waals surface area contributed by atoms with Gasteiger partial charge in [0.05, 0.1) is 18.4 Å². The number of fused-ring (bicyclic) bond motifs is 3. The third kappa shape index (κ3) is 2.52. The first kappa shape index (κ1) is 14.5. The van der Waals surface area contributed by atoms with Crippen LogP contribution in [-0.2, 0) is 0 Å². The monoisotopic (exact) mass is 316 g/mol. The van der Waals surface area contributed by atoms with E-state index in [-0.39, 0.29) is 0 Å². The second-order valence-corrected chi connectivity index (χ2v) is 5.64. The molecule has 4 rings (SSSR count). The summed E-state index contributed by atoms with van der Waals surface area (Å²) in [6, 6.07) is 16.5. The number of rotatable bonds is 2. The highest BCUT2D eigenvalue weighted by molar-refractivity contribution is 5.90. The highest BCUT2D eigenvalue weighted by Gasteiger charge is 2.24. The van der Waals surface area contributed by atoms with Crippen molar-refractivity contribution in [2.45, 2.75) is 6.92 Å². The Labute approximate surface area is 140 Å². The van der Waals surface area contributed by atoms with Gasteiger partial charge in [-0.1, -0.05) is 42.0 Å². The van der Waals surface area contributed by atoms with Crippen LogP contribution in [0.4, 0.5) is 0 Å². The van der Waals surface area contributed by atoms with Crippen LogP contribution >= 0.6 is 0 Å². The molecule has 2 aromatic carbocycles. The molecule has 0 spiro atoms. The van der Waals surface area contributed by atoms with E-state index in [1.807, 2.05) is 55.5 Å². The Morgan fingerprint density at radius 1 is 1.04 bits per heavy atom. The van der Waals surface area contributed by atoms with Gasteiger partial charge in [0, 0.05) is 11.8 Å². The molecule has 0 radical (unpaired) electrons. The van der Waals surface area contributed by atoms with Crippen molar-refractivity contribution in [2.24, 2.45) is 0 Å². The van der Waals surface area contributed by atoms with Gasteiger partial charge in [0.2, 0.25) is 0 Å². The first-order valence-electron chi connectivity index (χ1n) is 7.71. The number of aryl methyl sites for hydroxylation is 1. The summed E-state index contributed by atoms with van der Waals surface area (Å²) in [6.07, 6.45) is 3.75. The number of ether oxygens (including phenoxy) is 2. The average molecular weight is 316 g/mol. The molecule has 1 aliphatic heterocycles. The van der Waals surface area contributed by atoms with Crippen LogP contribution in [0.2, 0.25) is 0 Å². The number of methoxy groups -OCH3 is 1. The van der Waals surface area contributed by atoms with Crippen LogP contribution in [0.5, 0.6) is 11.8 Å². The Hall–Kier alpha value is -3.14. The van der Waals surface area contributed by atoms with Crippen LogP contribution < -0.4 is 9.47 Å². The summed E-state index contributed by atoms with van der Waals surface area (Å²) in [4.78, 5) is 8.80. The number of nitrogens with zero attached hydrogens (tertiary/aromatic N) is 2. The van der Waals surface area contributed by atoms with Gasteiger partial charge in [-0.05, 0) is 30.7 Å². The lowest BCUT2D eigenvalue weighted by Crippen LogP contribution is -2.08. The molecule has 24 heavy (non-hydrogen) atoms. The van der Waals surface area contributed by atoms with Crippen LogP contribution in [0.15, 0.2) is 54.7 Å². The zero-order chi connectivity index (χ0) is 16.5. The van der Waals surface area contributed by atoms with E-state index in [4.69, 9.17) is 9.47 Å². The molecular weight excluding hydrogens is 300 g/mol. The summed E-state index contributed by atoms with van der Waals surface area (Å²) in [7, 11) is 1.57. The smallest absolute Gasteiger partial charge is 0.316 e. The van der Waals surface area contributed by atoms with Gasteiger partial charge in [0.15, 0.2) is 0 Å². The fraction of sp³-hybridized carbons (Fsp3) is 0.100. The normalized spacial score (nSPS) is 13.8. The molecule has 118 valence electrons. The van der Waals surface area contributed by atoms with Gasteiger partial charge in [-0.25, -0.2) is 4.98 Å². The van der Waals surface area contributed by atoms with Crippen molar-refractivity contribution in [1.29, 1.82) is 0 Å². The van der Waals surface area contributed by atoms with Gasteiger partial charge in [0.1, 0.15) is 11.5 Å². The molecular formula is C20H16N2O2. The maximum atomic E-state index is 6.13. The van der Waals surface area contributed by atoms with Gasteiger partial charge in [-0.15, -0.1) is 0 Å². The Morgan fingerprint density at radius 2 is 1.88 bits per heavy atom. The lowest BCUT2D eigenvalue weighted by Gasteiger charge is -2.22. The zero-order valence-electron chi connectivity index (χ0n) is 13.5. The minimum Gasteiger partial charge on any atom is -0.467 e. The van der Waals surface area contributed by atoms with E-state index < -0.39 is 0 Å². The number of benzene rings is 2. The predicted octanol–water partition coefficient (Wildman–Crippen LogP) is 4.35. The summed E-state index contributed by atoms with van der Waals surface area (Å²) in [6.45, 7) is 2.05. The molecule has 0 amide bonds. The molecule has 1 aromatic heterocycles. The first-order chi connectivity index (χ1) is 11.7. The van der Waals surface area contributed by atoms with Gasteiger partial charge < -0.3 is 9.47 Å². The molecule has 0 N–H and O–H groups in total. The third-order valence-corrected chi connectivity index (χ3v) is 3.92. The van der Waals surface area contributed by atoms with E-state index >= 15 is 0 Å². The lowest BCUT2D eigenvalue weighted by atomic mass is 9.99. The Morgan fingerprint density at radius 3 is 2.67 bits per heavy atom. The Balaban J connectivity index is 1.92. The minimum atomic E-state index is 0.349. The summed E-state index contributed by atoms with van der Waals surface area (Å²) < 4.78 is 11.3. The first-order valence-corrected chi connectivity index (χ1v) is 7.71. The van der Waals surface area contributed by atoms with E-state index in [1.165, 1.54) is 0 Å². The van der Waals surface area contributed by atoms with Crippen molar-refractivity contribution in [3.05, 3.63) is 71.4 Å². The van der Waals surface area contributed by atoms with Crippen molar-refractivity contribution in [2.75, 3.05) is 7.11 Å². The van der Waals surface area contributed by atoms with Crippen LogP contribution in [0.1, 0.15) is 16.7 Å². The zero-order valence-corrected chi connectivity index (χ0v) is 13.5. The van der Waals surface area contributed by atoms with Gasteiger partial charge >= 0.3 is 6.01 Å². The third-order valence-electron chi connectivity index (χ3n) is 3.92. The lowest BCUT2D eigenvalue weighted by molar-refractivity contribution is 0.379. The second kappa shape index (κ2) is 5.81. The molecule has 2 heterocycles. The highest BCUT2D eigenvalue weighted by atomic mass is 16.5. The van der Waals surface area contributed by atoms with E-state index in [2.05, 4.69) is 16.0 Å². The second-order valence-electron chi connectivity index (χ2n) is 5.64. The van der Waals surface area contributed by atoms with E-state index in [0.29, 0.717) is 6.01 Å². The standard InChI is InChI=1S/C20H16N2O2/c1-13-8-9-17-15(10-13)19-16(12-21-20(22-19)23-2)18(24-17)11-14-6-4-3-5-7-14/h3-12H,1-2H3/b18-11-. The van der Waals surface area contributed by atoms with Crippen LogP contribution in [0.25, 0.3) is 23.1 Å². The van der Waals surface area contributed by atoms with Crippen molar-refractivity contribution in [1.82, 2.24) is 9.97 Å². The quantitative estimate of drug-likeness (QED) is 0.705. The topological polar surface area (TPSA) is 44.2 Å². The molecule has 0 saturated heterocycles. The minimum absolute atomic E-state index is 0.349. The molecule has 3 aromatic rings. The molecule has 0 fully saturated rings. The van der Waals surface area contributed by atoms with Crippen molar-refractivity contribution < 1.29 is 9.47 Å². The molecule has 4 nitrogen and oxygen atoms in total. The molecule has 0 atom stereocenters. The van der Waals surface area contributed by atoms with E-state index in [9.17, 15) is 0 Å². The summed E-state index contributed by atoms with van der Waals surface area (Å²) >= 11 is 0. The van der Waals surface area contributed by atoms with Crippen LogP contribution in [0.3, 0.4) is 0 Å². The molecule has 1 aliphatic rings. The van der Waals surface area contributed by atoms with Gasteiger partial charge in [0.25, 0.3) is 0 Å². The average Bonchev–Trinajstić information content (AvgIpc) is 2.63. The molecule has 0 unspecified atom stereocenters. The molecule has 0 saturated carbocycles. The van der Waals surface area contributed by atoms with Crippen molar-refractivity contribution in [3.63, 3.8) is 0 Å². The fourth-order valence-electron chi connectivity index (χ4n) is 2.75. The van der Waals surface area contributed by atoms with Crippen LogP contribution in [-0.4, -0.2) is 17.1 Å².